The lowest BCUT2D eigenvalue weighted by molar-refractivity contribution is -0.168. The van der Waals surface area contributed by atoms with Crippen LogP contribution in [0.2, 0.25) is 0 Å². The molecule has 0 bridgehead atoms. The van der Waals surface area contributed by atoms with Gasteiger partial charge in [0.05, 0.1) is 30.5 Å². The van der Waals surface area contributed by atoms with E-state index in [0.717, 1.165) is 0 Å². The van der Waals surface area contributed by atoms with Crippen molar-refractivity contribution in [2.75, 3.05) is 33.4 Å². The van der Waals surface area contributed by atoms with Crippen LogP contribution in [-0.2, 0) is 14.3 Å². The largest absolute Gasteiger partial charge is 0.394 e. The minimum atomic E-state index is -0.416. The first-order valence-corrected chi connectivity index (χ1v) is 6.79. The maximum absolute atomic E-state index is 12.5. The van der Waals surface area contributed by atoms with Crippen molar-refractivity contribution in [3.05, 3.63) is 0 Å². The normalized spacial score (nSPS) is 34.5. The van der Waals surface area contributed by atoms with Crippen LogP contribution in [0, 0.1) is 0 Å². The Morgan fingerprint density at radius 3 is 2.89 bits per heavy atom. The van der Waals surface area contributed by atoms with E-state index in [1.165, 1.54) is 0 Å². The molecule has 2 aliphatic heterocycles. The van der Waals surface area contributed by atoms with Gasteiger partial charge in [0.25, 0.3) is 0 Å². The van der Waals surface area contributed by atoms with E-state index in [9.17, 15) is 9.90 Å². The molecule has 0 aliphatic carbocycles. The van der Waals surface area contributed by atoms with Gasteiger partial charge in [-0.1, -0.05) is 0 Å². The second-order valence-electron chi connectivity index (χ2n) is 5.96. The molecule has 1 amide bonds. The Labute approximate surface area is 114 Å². The topological polar surface area (TPSA) is 71.0 Å². The van der Waals surface area contributed by atoms with Gasteiger partial charge in [0.15, 0.2) is 0 Å². The number of aliphatic hydroxyl groups is 1. The minimum Gasteiger partial charge on any atom is -0.394 e. The zero-order valence-corrected chi connectivity index (χ0v) is 11.9. The summed E-state index contributed by atoms with van der Waals surface area (Å²) in [4.78, 5) is 14.3. The van der Waals surface area contributed by atoms with Crippen molar-refractivity contribution in [1.82, 2.24) is 10.2 Å². The smallest absolute Gasteiger partial charge is 0.240 e. The Bertz CT molecular complexity index is 335. The molecule has 3 atom stereocenters. The average Bonchev–Trinajstić information content (AvgIpc) is 2.84. The molecule has 2 aliphatic rings. The number of hydrogen-bond acceptors (Lipinski definition) is 5. The number of aliphatic hydroxyl groups excluding tert-OH is 1. The second-order valence-corrected chi connectivity index (χ2v) is 5.96. The number of ether oxygens (including phenoxy) is 2. The molecule has 0 radical (unpaired) electrons. The molecule has 2 N–H and O–H groups in total. The van der Waals surface area contributed by atoms with Crippen LogP contribution in [0.25, 0.3) is 0 Å². The molecule has 0 aromatic heterocycles. The van der Waals surface area contributed by atoms with E-state index >= 15 is 0 Å². The van der Waals surface area contributed by atoms with E-state index in [1.54, 1.807) is 12.0 Å². The van der Waals surface area contributed by atoms with Crippen molar-refractivity contribution in [2.24, 2.45) is 0 Å². The summed E-state index contributed by atoms with van der Waals surface area (Å²) in [6.45, 7) is 5.53. The number of amides is 1. The van der Waals surface area contributed by atoms with Gasteiger partial charge in [0.1, 0.15) is 0 Å². The molecule has 2 saturated heterocycles. The van der Waals surface area contributed by atoms with Gasteiger partial charge in [0, 0.05) is 26.7 Å². The summed E-state index contributed by atoms with van der Waals surface area (Å²) in [5.74, 6) is 0.0781. The fourth-order valence-electron chi connectivity index (χ4n) is 2.85. The first kappa shape index (κ1) is 14.7. The predicted octanol–water partition coefficient (Wildman–Crippen LogP) is -0.638. The van der Waals surface area contributed by atoms with Crippen LogP contribution in [0.3, 0.4) is 0 Å². The van der Waals surface area contributed by atoms with Crippen molar-refractivity contribution in [1.29, 1.82) is 0 Å². The standard InChI is InChI=1S/C13H24N2O4/c1-13(2)8-15(6-10(7-16)19-13)12(17)11-4-9(18-3)5-14-11/h9-11,14,16H,4-8H2,1-3H3. The van der Waals surface area contributed by atoms with Gasteiger partial charge < -0.3 is 24.8 Å². The Hall–Kier alpha value is -0.690. The van der Waals surface area contributed by atoms with Crippen LogP contribution < -0.4 is 5.32 Å². The van der Waals surface area contributed by atoms with Crippen LogP contribution in [0.4, 0.5) is 0 Å². The number of methoxy groups -OCH3 is 1. The lowest BCUT2D eigenvalue weighted by Gasteiger charge is -2.43. The Morgan fingerprint density at radius 1 is 1.58 bits per heavy atom. The molecule has 6 nitrogen and oxygen atoms in total. The van der Waals surface area contributed by atoms with E-state index in [2.05, 4.69) is 5.32 Å². The molecule has 110 valence electrons. The van der Waals surface area contributed by atoms with Crippen LogP contribution in [-0.4, -0.2) is 73.1 Å². The molecule has 0 aromatic rings. The van der Waals surface area contributed by atoms with E-state index < -0.39 is 5.60 Å². The van der Waals surface area contributed by atoms with Crippen molar-refractivity contribution in [3.63, 3.8) is 0 Å². The highest BCUT2D eigenvalue weighted by Gasteiger charge is 2.39. The fourth-order valence-corrected chi connectivity index (χ4v) is 2.85. The second kappa shape index (κ2) is 5.75. The predicted molar refractivity (Wildman–Crippen MR) is 69.8 cm³/mol. The molecule has 0 spiro atoms. The van der Waals surface area contributed by atoms with Gasteiger partial charge in [-0.15, -0.1) is 0 Å². The summed E-state index contributed by atoms with van der Waals surface area (Å²) in [6.07, 6.45) is 0.514. The third-order valence-corrected chi connectivity index (χ3v) is 3.72. The molecule has 6 heteroatoms. The number of morpholine rings is 1. The van der Waals surface area contributed by atoms with Gasteiger partial charge in [-0.25, -0.2) is 0 Å². The third kappa shape index (κ3) is 3.45. The molecule has 19 heavy (non-hydrogen) atoms. The molecule has 2 fully saturated rings. The summed E-state index contributed by atoms with van der Waals surface area (Å²) in [6, 6.07) is -0.182. The number of carbonyl (C=O) groups is 1. The van der Waals surface area contributed by atoms with E-state index in [1.807, 2.05) is 13.8 Å². The molecule has 0 aromatic carbocycles. The summed E-state index contributed by atoms with van der Waals surface area (Å²) < 4.78 is 11.0. The maximum Gasteiger partial charge on any atom is 0.240 e. The summed E-state index contributed by atoms with van der Waals surface area (Å²) in [5.41, 5.74) is -0.416. The first-order valence-electron chi connectivity index (χ1n) is 6.79. The zero-order chi connectivity index (χ0) is 14.0. The van der Waals surface area contributed by atoms with Crippen LogP contribution >= 0.6 is 0 Å². The lowest BCUT2D eigenvalue weighted by atomic mass is 10.0. The number of hydrogen-bond donors (Lipinski definition) is 2. The number of rotatable bonds is 3. The van der Waals surface area contributed by atoms with Gasteiger partial charge in [-0.2, -0.15) is 0 Å². The average molecular weight is 272 g/mol. The Balaban J connectivity index is 1.98. The van der Waals surface area contributed by atoms with E-state index in [4.69, 9.17) is 9.47 Å². The Morgan fingerprint density at radius 2 is 2.32 bits per heavy atom. The monoisotopic (exact) mass is 272 g/mol. The highest BCUT2D eigenvalue weighted by atomic mass is 16.5. The molecule has 2 heterocycles. The lowest BCUT2D eigenvalue weighted by Crippen LogP contribution is -2.58. The first-order chi connectivity index (χ1) is 8.95. The quantitative estimate of drug-likeness (QED) is 0.715. The number of nitrogens with zero attached hydrogens (tertiary/aromatic N) is 1. The SMILES string of the molecule is COC1CNC(C(=O)N2CC(CO)OC(C)(C)C2)C1. The Kier molecular flexibility index (Phi) is 4.45. The van der Waals surface area contributed by atoms with Crippen molar-refractivity contribution < 1.29 is 19.4 Å². The number of carbonyl (C=O) groups excluding carboxylic acids is 1. The summed E-state index contributed by atoms with van der Waals surface area (Å²) >= 11 is 0. The van der Waals surface area contributed by atoms with E-state index in [0.29, 0.717) is 26.1 Å². The minimum absolute atomic E-state index is 0.0635. The molecular weight excluding hydrogens is 248 g/mol. The molecule has 2 rings (SSSR count). The molecule has 3 unspecified atom stereocenters. The van der Waals surface area contributed by atoms with Gasteiger partial charge in [-0.05, 0) is 20.3 Å². The van der Waals surface area contributed by atoms with Crippen LogP contribution in [0.5, 0.6) is 0 Å². The molecular formula is C13H24N2O4. The molecule has 0 saturated carbocycles. The van der Waals surface area contributed by atoms with Crippen LogP contribution in [0.15, 0.2) is 0 Å². The van der Waals surface area contributed by atoms with Gasteiger partial charge >= 0.3 is 0 Å². The fraction of sp³-hybridized carbons (Fsp3) is 0.923. The van der Waals surface area contributed by atoms with Gasteiger partial charge in [-0.3, -0.25) is 4.79 Å². The number of nitrogens with one attached hydrogen (secondary N) is 1. The zero-order valence-electron chi connectivity index (χ0n) is 11.9. The van der Waals surface area contributed by atoms with Crippen LogP contribution in [0.1, 0.15) is 20.3 Å². The van der Waals surface area contributed by atoms with Crippen molar-refractivity contribution in [2.45, 2.75) is 44.1 Å². The maximum atomic E-state index is 12.5. The van der Waals surface area contributed by atoms with E-state index in [-0.39, 0.29) is 30.8 Å². The summed E-state index contributed by atoms with van der Waals surface area (Å²) in [5, 5.41) is 12.5. The van der Waals surface area contributed by atoms with Crippen molar-refractivity contribution >= 4 is 5.91 Å². The third-order valence-electron chi connectivity index (χ3n) is 3.72. The highest BCUT2D eigenvalue weighted by molar-refractivity contribution is 5.82. The highest BCUT2D eigenvalue weighted by Crippen LogP contribution is 2.23. The summed E-state index contributed by atoms with van der Waals surface area (Å²) in [7, 11) is 1.67. The van der Waals surface area contributed by atoms with Crippen molar-refractivity contribution in [3.8, 4) is 0 Å². The van der Waals surface area contributed by atoms with Gasteiger partial charge in [0.2, 0.25) is 5.91 Å².